The van der Waals surface area contributed by atoms with Crippen molar-refractivity contribution in [2.45, 2.75) is 13.5 Å². The fourth-order valence-corrected chi connectivity index (χ4v) is 2.63. The molecule has 3 aromatic rings. The molecule has 3 rings (SSSR count). The monoisotopic (exact) mass is 353 g/mol. The minimum Gasteiger partial charge on any atom is -0.310 e. The van der Waals surface area contributed by atoms with Gasteiger partial charge in [0.15, 0.2) is 0 Å². The molecular formula is C19H16ClN3O2. The number of rotatable bonds is 4. The summed E-state index contributed by atoms with van der Waals surface area (Å²) in [7, 11) is 0. The molecule has 1 amide bonds. The van der Waals surface area contributed by atoms with Crippen LogP contribution in [0.4, 0.5) is 5.82 Å². The van der Waals surface area contributed by atoms with Crippen LogP contribution in [-0.4, -0.2) is 15.5 Å². The number of nitrogens with one attached hydrogen (secondary N) is 1. The second kappa shape index (κ2) is 7.32. The van der Waals surface area contributed by atoms with Crippen molar-refractivity contribution >= 4 is 23.3 Å². The molecule has 0 fully saturated rings. The minimum atomic E-state index is -0.489. The summed E-state index contributed by atoms with van der Waals surface area (Å²) in [6.07, 6.45) is 3.24. The molecule has 1 N–H and O–H groups in total. The first-order valence-electron chi connectivity index (χ1n) is 7.71. The van der Waals surface area contributed by atoms with Crippen molar-refractivity contribution in [1.82, 2.24) is 9.55 Å². The van der Waals surface area contributed by atoms with E-state index < -0.39 is 5.91 Å². The highest BCUT2D eigenvalue weighted by molar-refractivity contribution is 6.31. The van der Waals surface area contributed by atoms with Crippen molar-refractivity contribution in [3.8, 4) is 0 Å². The summed E-state index contributed by atoms with van der Waals surface area (Å²) in [5, 5.41) is 3.23. The van der Waals surface area contributed by atoms with Gasteiger partial charge in [-0.3, -0.25) is 9.59 Å². The van der Waals surface area contributed by atoms with E-state index >= 15 is 0 Å². The van der Waals surface area contributed by atoms with Gasteiger partial charge in [0.2, 0.25) is 0 Å². The van der Waals surface area contributed by atoms with Crippen molar-refractivity contribution in [3.05, 3.63) is 93.0 Å². The zero-order valence-corrected chi connectivity index (χ0v) is 14.3. The second-order valence-corrected chi connectivity index (χ2v) is 6.03. The molecule has 0 saturated carbocycles. The number of carbonyl (C=O) groups excluding carboxylic acids is 1. The quantitative estimate of drug-likeness (QED) is 0.780. The maximum absolute atomic E-state index is 12.6. The van der Waals surface area contributed by atoms with E-state index in [1.807, 2.05) is 31.2 Å². The largest absolute Gasteiger partial charge is 0.310 e. The van der Waals surface area contributed by atoms with Crippen LogP contribution in [0.1, 0.15) is 21.5 Å². The normalized spacial score (nSPS) is 10.5. The molecule has 0 unspecified atom stereocenters. The Kier molecular flexibility index (Phi) is 4.95. The predicted molar refractivity (Wildman–Crippen MR) is 98.2 cm³/mol. The molecule has 25 heavy (non-hydrogen) atoms. The van der Waals surface area contributed by atoms with Crippen LogP contribution in [0.25, 0.3) is 0 Å². The Labute approximate surface area is 149 Å². The van der Waals surface area contributed by atoms with Crippen LogP contribution >= 0.6 is 11.6 Å². The van der Waals surface area contributed by atoms with Crippen molar-refractivity contribution < 1.29 is 4.79 Å². The minimum absolute atomic E-state index is 0.0536. The summed E-state index contributed by atoms with van der Waals surface area (Å²) in [6.45, 7) is 2.19. The average molecular weight is 354 g/mol. The lowest BCUT2D eigenvalue weighted by Gasteiger charge is -2.10. The molecular weight excluding hydrogens is 338 g/mol. The van der Waals surface area contributed by atoms with E-state index in [4.69, 9.17) is 11.6 Å². The summed E-state index contributed by atoms with van der Waals surface area (Å²) < 4.78 is 1.46. The standard InChI is InChI=1S/C19H16ClN3O2/c1-13-8-9-21-17(11-13)22-18(24)15-6-4-10-23(19(15)25)12-14-5-2-3-7-16(14)20/h2-11H,12H2,1H3,(H,21,22,24). The van der Waals surface area contributed by atoms with E-state index in [1.54, 1.807) is 30.6 Å². The number of aryl methyl sites for hydroxylation is 1. The number of anilines is 1. The number of aromatic nitrogens is 2. The molecule has 0 radical (unpaired) electrons. The van der Waals surface area contributed by atoms with Gasteiger partial charge >= 0.3 is 0 Å². The van der Waals surface area contributed by atoms with Gasteiger partial charge in [0, 0.05) is 17.4 Å². The van der Waals surface area contributed by atoms with Crippen LogP contribution in [-0.2, 0) is 6.54 Å². The molecule has 0 aliphatic carbocycles. The van der Waals surface area contributed by atoms with Crippen LogP contribution in [0.15, 0.2) is 65.7 Å². The van der Waals surface area contributed by atoms with E-state index in [0.717, 1.165) is 11.1 Å². The molecule has 0 aliphatic heterocycles. The van der Waals surface area contributed by atoms with E-state index in [9.17, 15) is 9.59 Å². The molecule has 0 aliphatic rings. The number of hydrogen-bond donors (Lipinski definition) is 1. The van der Waals surface area contributed by atoms with Gasteiger partial charge in [-0.05, 0) is 48.4 Å². The number of halogens is 1. The Morgan fingerprint density at radius 1 is 1.20 bits per heavy atom. The maximum Gasteiger partial charge on any atom is 0.263 e. The van der Waals surface area contributed by atoms with Gasteiger partial charge in [-0.25, -0.2) is 4.98 Å². The third-order valence-corrected chi connectivity index (χ3v) is 4.09. The Bertz CT molecular complexity index is 982. The Balaban J connectivity index is 1.87. The highest BCUT2D eigenvalue weighted by Crippen LogP contribution is 2.15. The summed E-state index contributed by atoms with van der Waals surface area (Å²) in [5.74, 6) is -0.0810. The van der Waals surface area contributed by atoms with E-state index in [-0.39, 0.29) is 11.1 Å². The topological polar surface area (TPSA) is 64.0 Å². The Morgan fingerprint density at radius 3 is 2.76 bits per heavy atom. The van der Waals surface area contributed by atoms with Crippen molar-refractivity contribution in [3.63, 3.8) is 0 Å². The van der Waals surface area contributed by atoms with Gasteiger partial charge in [0.05, 0.1) is 6.54 Å². The molecule has 0 spiro atoms. The first kappa shape index (κ1) is 16.9. The van der Waals surface area contributed by atoms with Crippen molar-refractivity contribution in [1.29, 1.82) is 0 Å². The zero-order chi connectivity index (χ0) is 17.8. The summed E-state index contributed by atoms with van der Waals surface area (Å²) in [6, 6.07) is 14.0. The number of amides is 1. The fraction of sp³-hybridized carbons (Fsp3) is 0.105. The van der Waals surface area contributed by atoms with Crippen molar-refractivity contribution in [2.24, 2.45) is 0 Å². The first-order valence-corrected chi connectivity index (χ1v) is 8.09. The molecule has 2 aromatic heterocycles. The molecule has 1 aromatic carbocycles. The summed E-state index contributed by atoms with van der Waals surface area (Å²) >= 11 is 6.15. The van der Waals surface area contributed by atoms with Crippen LogP contribution in [0.2, 0.25) is 5.02 Å². The molecule has 5 nitrogen and oxygen atoms in total. The van der Waals surface area contributed by atoms with Crippen LogP contribution in [0, 0.1) is 6.92 Å². The lowest BCUT2D eigenvalue weighted by molar-refractivity contribution is 0.102. The molecule has 0 atom stereocenters. The third-order valence-electron chi connectivity index (χ3n) is 3.72. The Morgan fingerprint density at radius 2 is 2.00 bits per heavy atom. The average Bonchev–Trinajstić information content (AvgIpc) is 2.58. The number of nitrogens with zero attached hydrogens (tertiary/aromatic N) is 2. The first-order chi connectivity index (χ1) is 12.0. The molecule has 126 valence electrons. The van der Waals surface area contributed by atoms with E-state index in [1.165, 1.54) is 10.6 Å². The maximum atomic E-state index is 12.6. The van der Waals surface area contributed by atoms with Gasteiger partial charge in [-0.1, -0.05) is 29.8 Å². The number of benzene rings is 1. The predicted octanol–water partition coefficient (Wildman–Crippen LogP) is 3.51. The van der Waals surface area contributed by atoms with Crippen LogP contribution in [0.3, 0.4) is 0 Å². The number of hydrogen-bond acceptors (Lipinski definition) is 3. The highest BCUT2D eigenvalue weighted by Gasteiger charge is 2.13. The fourth-order valence-electron chi connectivity index (χ4n) is 2.43. The van der Waals surface area contributed by atoms with Gasteiger partial charge < -0.3 is 9.88 Å². The number of carbonyl (C=O) groups is 1. The summed E-state index contributed by atoms with van der Waals surface area (Å²) in [4.78, 5) is 29.1. The SMILES string of the molecule is Cc1ccnc(NC(=O)c2cccn(Cc3ccccc3Cl)c2=O)c1. The van der Waals surface area contributed by atoms with Gasteiger partial charge in [-0.15, -0.1) is 0 Å². The molecule has 6 heteroatoms. The van der Waals surface area contributed by atoms with E-state index in [2.05, 4.69) is 10.3 Å². The zero-order valence-electron chi connectivity index (χ0n) is 13.6. The number of pyridine rings is 2. The van der Waals surface area contributed by atoms with Crippen LogP contribution in [0.5, 0.6) is 0 Å². The molecule has 0 bridgehead atoms. The molecule has 0 saturated heterocycles. The lowest BCUT2D eigenvalue weighted by Crippen LogP contribution is -2.29. The van der Waals surface area contributed by atoms with Gasteiger partial charge in [-0.2, -0.15) is 0 Å². The van der Waals surface area contributed by atoms with E-state index in [0.29, 0.717) is 17.4 Å². The summed E-state index contributed by atoms with van der Waals surface area (Å²) in [5.41, 5.74) is 1.45. The van der Waals surface area contributed by atoms with Crippen molar-refractivity contribution in [2.75, 3.05) is 5.32 Å². The molecule has 2 heterocycles. The lowest BCUT2D eigenvalue weighted by atomic mass is 10.2. The van der Waals surface area contributed by atoms with Gasteiger partial charge in [0.1, 0.15) is 11.4 Å². The van der Waals surface area contributed by atoms with Crippen LogP contribution < -0.4 is 10.9 Å². The van der Waals surface area contributed by atoms with Gasteiger partial charge in [0.25, 0.3) is 11.5 Å². The Hall–Kier alpha value is -2.92. The smallest absolute Gasteiger partial charge is 0.263 e. The highest BCUT2D eigenvalue weighted by atomic mass is 35.5. The second-order valence-electron chi connectivity index (χ2n) is 5.62. The third kappa shape index (κ3) is 3.95.